The van der Waals surface area contributed by atoms with Crippen molar-refractivity contribution < 1.29 is 4.92 Å². The molecule has 0 aliphatic rings. The molecule has 104 valence electrons. The Morgan fingerprint density at radius 1 is 1.37 bits per heavy atom. The summed E-state index contributed by atoms with van der Waals surface area (Å²) in [5.41, 5.74) is 6.94. The summed E-state index contributed by atoms with van der Waals surface area (Å²) in [6, 6.07) is 2.89. The highest BCUT2D eigenvalue weighted by molar-refractivity contribution is 5.89. The summed E-state index contributed by atoms with van der Waals surface area (Å²) in [7, 11) is 5.67. The van der Waals surface area contributed by atoms with Gasteiger partial charge in [-0.15, -0.1) is 0 Å². The van der Waals surface area contributed by atoms with Crippen LogP contribution < -0.4 is 10.6 Å². The van der Waals surface area contributed by atoms with E-state index in [0.29, 0.717) is 23.5 Å². The molecule has 0 aliphatic heterocycles. The molecule has 0 unspecified atom stereocenters. The van der Waals surface area contributed by atoms with Gasteiger partial charge in [-0.1, -0.05) is 0 Å². The fourth-order valence-corrected chi connectivity index (χ4v) is 1.66. The Morgan fingerprint density at radius 3 is 2.47 bits per heavy atom. The first kappa shape index (κ1) is 14.9. The topological polar surface area (TPSA) is 99.5 Å². The second-order valence-corrected chi connectivity index (χ2v) is 4.60. The van der Waals surface area contributed by atoms with E-state index < -0.39 is 4.92 Å². The lowest BCUT2D eigenvalue weighted by atomic mass is 10.1. The van der Waals surface area contributed by atoms with Gasteiger partial charge in [0.25, 0.3) is 5.69 Å². The zero-order chi connectivity index (χ0) is 14.6. The molecule has 1 aromatic rings. The number of benzene rings is 1. The van der Waals surface area contributed by atoms with E-state index in [1.807, 2.05) is 19.0 Å². The van der Waals surface area contributed by atoms with Crippen molar-refractivity contribution in [1.82, 2.24) is 4.90 Å². The zero-order valence-corrected chi connectivity index (χ0v) is 11.4. The Hall–Kier alpha value is -2.15. The molecule has 0 saturated heterocycles. The van der Waals surface area contributed by atoms with Gasteiger partial charge >= 0.3 is 0 Å². The molecule has 7 nitrogen and oxygen atoms in total. The van der Waals surface area contributed by atoms with E-state index in [2.05, 4.69) is 0 Å². The molecular formula is C12H19N5O2. The first-order valence-electron chi connectivity index (χ1n) is 5.81. The van der Waals surface area contributed by atoms with E-state index >= 15 is 0 Å². The molecule has 1 aromatic carbocycles. The second-order valence-electron chi connectivity index (χ2n) is 4.60. The van der Waals surface area contributed by atoms with Crippen LogP contribution in [0.5, 0.6) is 0 Å². The minimum atomic E-state index is -0.450. The maximum atomic E-state index is 11.1. The van der Waals surface area contributed by atoms with Gasteiger partial charge in [0, 0.05) is 43.7 Å². The third-order valence-corrected chi connectivity index (χ3v) is 2.83. The van der Waals surface area contributed by atoms with Crippen LogP contribution in [-0.4, -0.2) is 50.3 Å². The molecule has 0 saturated carbocycles. The fourth-order valence-electron chi connectivity index (χ4n) is 1.66. The van der Waals surface area contributed by atoms with Crippen molar-refractivity contribution in [3.05, 3.63) is 27.8 Å². The van der Waals surface area contributed by atoms with Crippen LogP contribution in [0.25, 0.3) is 0 Å². The highest BCUT2D eigenvalue weighted by Gasteiger charge is 2.19. The third-order valence-electron chi connectivity index (χ3n) is 2.83. The molecule has 0 bridgehead atoms. The van der Waals surface area contributed by atoms with Gasteiger partial charge in [0.1, 0.15) is 5.69 Å². The summed E-state index contributed by atoms with van der Waals surface area (Å²) in [6.45, 7) is 1.43. The van der Waals surface area contributed by atoms with Crippen molar-refractivity contribution in [2.24, 2.45) is 0 Å². The number of hydrogen-bond acceptors (Lipinski definition) is 6. The predicted molar refractivity (Wildman–Crippen MR) is 77.2 cm³/mol. The van der Waals surface area contributed by atoms with E-state index in [9.17, 15) is 10.1 Å². The van der Waals surface area contributed by atoms with Crippen molar-refractivity contribution in [2.75, 3.05) is 44.9 Å². The lowest BCUT2D eigenvalue weighted by Crippen LogP contribution is -2.29. The van der Waals surface area contributed by atoms with E-state index in [1.165, 1.54) is 6.07 Å². The van der Waals surface area contributed by atoms with E-state index in [4.69, 9.17) is 11.1 Å². The van der Waals surface area contributed by atoms with Crippen LogP contribution in [0.3, 0.4) is 0 Å². The molecule has 0 amide bonds. The van der Waals surface area contributed by atoms with Gasteiger partial charge in [0.15, 0.2) is 0 Å². The van der Waals surface area contributed by atoms with E-state index in [0.717, 1.165) is 12.8 Å². The first-order valence-corrected chi connectivity index (χ1v) is 5.81. The molecule has 19 heavy (non-hydrogen) atoms. The molecule has 0 heterocycles. The van der Waals surface area contributed by atoms with Crippen molar-refractivity contribution in [3.63, 3.8) is 0 Å². The Kier molecular flexibility index (Phi) is 4.82. The number of nitrogen functional groups attached to an aromatic ring is 1. The van der Waals surface area contributed by atoms with Crippen LogP contribution in [0.15, 0.2) is 12.1 Å². The molecule has 0 spiro atoms. The SMILES string of the molecule is CN(C)CCN(C)c1cc(N)c(C=N)cc1[N+](=O)[O-]. The zero-order valence-electron chi connectivity index (χ0n) is 11.4. The largest absolute Gasteiger partial charge is 0.398 e. The van der Waals surface area contributed by atoms with E-state index in [-0.39, 0.29) is 5.69 Å². The molecular weight excluding hydrogens is 246 g/mol. The van der Waals surface area contributed by atoms with Crippen LogP contribution in [0.1, 0.15) is 5.56 Å². The lowest BCUT2D eigenvalue weighted by Gasteiger charge is -2.22. The summed E-state index contributed by atoms with van der Waals surface area (Å²) in [5.74, 6) is 0. The maximum absolute atomic E-state index is 11.1. The number of nitro benzene ring substituents is 1. The highest BCUT2D eigenvalue weighted by Crippen LogP contribution is 2.31. The minimum absolute atomic E-state index is 0.0334. The second kappa shape index (κ2) is 6.14. The van der Waals surface area contributed by atoms with Crippen molar-refractivity contribution in [1.29, 1.82) is 5.41 Å². The van der Waals surface area contributed by atoms with Gasteiger partial charge in [-0.25, -0.2) is 0 Å². The lowest BCUT2D eigenvalue weighted by molar-refractivity contribution is -0.384. The Labute approximate surface area is 112 Å². The maximum Gasteiger partial charge on any atom is 0.293 e. The number of rotatable bonds is 6. The van der Waals surface area contributed by atoms with Crippen molar-refractivity contribution in [3.8, 4) is 0 Å². The van der Waals surface area contributed by atoms with Gasteiger partial charge in [0.2, 0.25) is 0 Å². The quantitative estimate of drug-likeness (QED) is 0.348. The monoisotopic (exact) mass is 265 g/mol. The average Bonchev–Trinajstić information content (AvgIpc) is 2.35. The standard InChI is InChI=1S/C12H19N5O2/c1-15(2)4-5-16(3)11-7-10(14)9(8-13)6-12(11)17(18)19/h6-8,13H,4-5,14H2,1-3H3. The third kappa shape index (κ3) is 3.65. The van der Waals surface area contributed by atoms with Crippen LogP contribution in [0.2, 0.25) is 0 Å². The molecule has 0 fully saturated rings. The first-order chi connectivity index (χ1) is 8.86. The molecule has 0 atom stereocenters. The van der Waals surface area contributed by atoms with Crippen LogP contribution >= 0.6 is 0 Å². The molecule has 0 aromatic heterocycles. The van der Waals surface area contributed by atoms with Gasteiger partial charge in [-0.2, -0.15) is 0 Å². The normalized spacial score (nSPS) is 10.5. The summed E-state index contributed by atoms with van der Waals surface area (Å²) >= 11 is 0. The predicted octanol–water partition coefficient (Wildman–Crippen LogP) is 1.17. The summed E-state index contributed by atoms with van der Waals surface area (Å²) in [4.78, 5) is 14.4. The van der Waals surface area contributed by atoms with Crippen LogP contribution in [-0.2, 0) is 0 Å². The minimum Gasteiger partial charge on any atom is -0.398 e. The van der Waals surface area contributed by atoms with Crippen LogP contribution in [0.4, 0.5) is 17.1 Å². The summed E-state index contributed by atoms with van der Waals surface area (Å²) < 4.78 is 0. The van der Waals surface area contributed by atoms with Crippen molar-refractivity contribution >= 4 is 23.3 Å². The number of nitrogens with zero attached hydrogens (tertiary/aromatic N) is 3. The van der Waals surface area contributed by atoms with Crippen LogP contribution in [0, 0.1) is 15.5 Å². The molecule has 0 aliphatic carbocycles. The average molecular weight is 265 g/mol. The molecule has 3 N–H and O–H groups in total. The van der Waals surface area contributed by atoms with Gasteiger partial charge in [0.05, 0.1) is 4.92 Å². The highest BCUT2D eigenvalue weighted by atomic mass is 16.6. The van der Waals surface area contributed by atoms with Gasteiger partial charge < -0.3 is 20.9 Å². The smallest absolute Gasteiger partial charge is 0.293 e. The van der Waals surface area contributed by atoms with E-state index in [1.54, 1.807) is 18.0 Å². The number of nitrogens with two attached hydrogens (primary N) is 1. The molecule has 1 rings (SSSR count). The Bertz CT molecular complexity index is 487. The fraction of sp³-hybridized carbons (Fsp3) is 0.417. The van der Waals surface area contributed by atoms with Gasteiger partial charge in [-0.3, -0.25) is 10.1 Å². The number of nitrogens with one attached hydrogen (secondary N) is 1. The number of likely N-dealkylation sites (N-methyl/N-ethyl adjacent to an activating group) is 2. The van der Waals surface area contributed by atoms with Crippen molar-refractivity contribution in [2.45, 2.75) is 0 Å². The summed E-state index contributed by atoms with van der Waals surface area (Å²) in [6.07, 6.45) is 1.02. The Morgan fingerprint density at radius 2 is 2.00 bits per heavy atom. The van der Waals surface area contributed by atoms with Gasteiger partial charge in [-0.05, 0) is 20.2 Å². The number of hydrogen-bond donors (Lipinski definition) is 2. The molecule has 7 heteroatoms. The number of anilines is 2. The number of nitro groups is 1. The molecule has 0 radical (unpaired) electrons. The Balaban J connectivity index is 3.14. The summed E-state index contributed by atoms with van der Waals surface area (Å²) in [5, 5.41) is 18.3.